The molecular weight excluding hydrogens is 736 g/mol. The number of alkyl halides is 3. The van der Waals surface area contributed by atoms with Gasteiger partial charge in [0.1, 0.15) is 17.3 Å². The van der Waals surface area contributed by atoms with Gasteiger partial charge in [-0.3, -0.25) is 0 Å². The van der Waals surface area contributed by atoms with Crippen LogP contribution in [-0.2, 0) is 17.2 Å². The van der Waals surface area contributed by atoms with Gasteiger partial charge in [0.15, 0.2) is 5.60 Å². The van der Waals surface area contributed by atoms with Gasteiger partial charge in [-0.05, 0) is 88.7 Å². The molecule has 1 aliphatic carbocycles. The number of fused-ring (bicyclic) bond motifs is 8. The maximum absolute atomic E-state index is 14.2. The molecule has 5 aromatic carbocycles. The molecular formula is C39H30Br2F4O2. The van der Waals surface area contributed by atoms with Crippen molar-refractivity contribution in [3.63, 3.8) is 0 Å². The van der Waals surface area contributed by atoms with Crippen molar-refractivity contribution in [3.8, 4) is 22.6 Å². The molecule has 47 heavy (non-hydrogen) atoms. The quantitative estimate of drug-likeness (QED) is 0.127. The third kappa shape index (κ3) is 5.19. The molecule has 0 spiro atoms. The second-order valence-electron chi connectivity index (χ2n) is 12.6. The molecule has 0 saturated heterocycles. The van der Waals surface area contributed by atoms with Crippen LogP contribution in [0.5, 0.6) is 11.5 Å². The van der Waals surface area contributed by atoms with E-state index in [9.17, 15) is 17.6 Å². The maximum atomic E-state index is 14.2. The lowest BCUT2D eigenvalue weighted by Gasteiger charge is -2.38. The predicted molar refractivity (Wildman–Crippen MR) is 186 cm³/mol. The van der Waals surface area contributed by atoms with E-state index < -0.39 is 28.6 Å². The molecule has 1 heterocycles. The predicted octanol–water partition coefficient (Wildman–Crippen LogP) is 12.4. The summed E-state index contributed by atoms with van der Waals surface area (Å²) in [5.41, 5.74) is 3.37. The van der Waals surface area contributed by atoms with Gasteiger partial charge in [0.2, 0.25) is 0 Å². The monoisotopic (exact) mass is 764 g/mol. The fourth-order valence-electron chi connectivity index (χ4n) is 7.09. The van der Waals surface area contributed by atoms with Crippen LogP contribution in [0.3, 0.4) is 0 Å². The van der Waals surface area contributed by atoms with Crippen LogP contribution in [0.4, 0.5) is 17.6 Å². The van der Waals surface area contributed by atoms with E-state index in [4.69, 9.17) is 9.47 Å². The lowest BCUT2D eigenvalue weighted by molar-refractivity contribution is -0.137. The van der Waals surface area contributed by atoms with Crippen LogP contribution < -0.4 is 9.47 Å². The van der Waals surface area contributed by atoms with E-state index in [1.807, 2.05) is 48.6 Å². The Labute approximate surface area is 287 Å². The average molecular weight is 766 g/mol. The molecule has 1 unspecified atom stereocenters. The van der Waals surface area contributed by atoms with E-state index in [1.54, 1.807) is 18.2 Å². The Morgan fingerprint density at radius 2 is 1.51 bits per heavy atom. The summed E-state index contributed by atoms with van der Waals surface area (Å²) in [7, 11) is 0. The Hall–Kier alpha value is -3.62. The third-order valence-corrected chi connectivity index (χ3v) is 10.4. The summed E-state index contributed by atoms with van der Waals surface area (Å²) in [5, 5.41) is 1.01. The summed E-state index contributed by atoms with van der Waals surface area (Å²) in [6.07, 6.45) is 1.26. The van der Waals surface area contributed by atoms with E-state index in [-0.39, 0.29) is 0 Å². The highest BCUT2D eigenvalue weighted by atomic mass is 79.9. The molecule has 8 heteroatoms. The Morgan fingerprint density at radius 1 is 0.830 bits per heavy atom. The minimum Gasteiger partial charge on any atom is -0.494 e. The number of halogens is 6. The van der Waals surface area contributed by atoms with Crippen molar-refractivity contribution in [1.82, 2.24) is 0 Å². The van der Waals surface area contributed by atoms with Crippen molar-refractivity contribution in [2.24, 2.45) is 0 Å². The van der Waals surface area contributed by atoms with E-state index in [1.165, 1.54) is 18.2 Å². The minimum absolute atomic E-state index is 0.344. The van der Waals surface area contributed by atoms with E-state index in [2.05, 4.69) is 52.6 Å². The van der Waals surface area contributed by atoms with E-state index in [0.717, 1.165) is 55.7 Å². The first kappa shape index (κ1) is 32.0. The molecule has 0 fully saturated rings. The maximum Gasteiger partial charge on any atom is 0.416 e. The standard InChI is InChI=1S/C39H30Br2F4O2/c1-4-5-18-46-27-13-8-23(9-14-27)38(22-6-11-26(42)12-7-22)17-16-29-35-33(31-20-25(40)21-32(41)34(31)37(35,2)3)28-15-10-24(39(43,44)45)19-30(28)36(29)47-38/h6-17,19-21H,4-5,18H2,1-3H3. The zero-order valence-corrected chi connectivity index (χ0v) is 29.0. The minimum atomic E-state index is -4.56. The SMILES string of the molecule is CCCCOc1ccc(C2(c3ccc(F)cc3)C=Cc3c4c(c5ccc(C(F)(F)F)cc5c3O2)-c2cc(Br)cc(Br)c2C4(C)C)cc1. The van der Waals surface area contributed by atoms with Gasteiger partial charge in [0.05, 0.1) is 12.2 Å². The van der Waals surface area contributed by atoms with Gasteiger partial charge >= 0.3 is 6.18 Å². The zero-order valence-electron chi connectivity index (χ0n) is 25.9. The van der Waals surface area contributed by atoms with Crippen LogP contribution in [0, 0.1) is 5.82 Å². The molecule has 0 aromatic heterocycles. The fraction of sp³-hybridized carbons (Fsp3) is 0.231. The molecule has 7 rings (SSSR count). The molecule has 0 radical (unpaired) electrons. The number of hydrogen-bond acceptors (Lipinski definition) is 2. The van der Waals surface area contributed by atoms with Crippen molar-refractivity contribution in [3.05, 3.63) is 133 Å². The Bertz CT molecular complexity index is 2070. The first-order valence-electron chi connectivity index (χ1n) is 15.4. The highest BCUT2D eigenvalue weighted by Crippen LogP contribution is 2.60. The molecule has 2 nitrogen and oxygen atoms in total. The van der Waals surface area contributed by atoms with Gasteiger partial charge in [0, 0.05) is 36.4 Å². The number of benzene rings is 5. The first-order valence-corrected chi connectivity index (χ1v) is 17.0. The molecule has 0 bridgehead atoms. The Balaban J connectivity index is 1.52. The second kappa shape index (κ2) is 11.5. The number of ether oxygens (including phenoxy) is 2. The largest absolute Gasteiger partial charge is 0.494 e. The zero-order chi connectivity index (χ0) is 33.3. The average Bonchev–Trinajstić information content (AvgIpc) is 3.27. The smallest absolute Gasteiger partial charge is 0.416 e. The van der Waals surface area contributed by atoms with Gasteiger partial charge < -0.3 is 9.47 Å². The number of rotatable bonds is 6. The molecule has 0 amide bonds. The molecule has 1 aliphatic heterocycles. The Morgan fingerprint density at radius 3 is 2.17 bits per heavy atom. The van der Waals surface area contributed by atoms with Gasteiger partial charge in [-0.2, -0.15) is 13.2 Å². The molecule has 5 aromatic rings. The summed E-state index contributed by atoms with van der Waals surface area (Å²) in [6, 6.07) is 21.4. The van der Waals surface area contributed by atoms with Crippen LogP contribution >= 0.6 is 31.9 Å². The third-order valence-electron chi connectivity index (χ3n) is 9.27. The van der Waals surface area contributed by atoms with Gasteiger partial charge in [-0.15, -0.1) is 0 Å². The van der Waals surface area contributed by atoms with Crippen LogP contribution in [0.1, 0.15) is 67.0 Å². The van der Waals surface area contributed by atoms with Crippen LogP contribution in [0.15, 0.2) is 93.9 Å². The van der Waals surface area contributed by atoms with Gasteiger partial charge in [-0.1, -0.05) is 95.5 Å². The first-order chi connectivity index (χ1) is 22.3. The summed E-state index contributed by atoms with van der Waals surface area (Å²) in [5.74, 6) is 0.639. The van der Waals surface area contributed by atoms with Gasteiger partial charge in [0.25, 0.3) is 0 Å². The summed E-state index contributed by atoms with van der Waals surface area (Å²) in [6.45, 7) is 6.93. The van der Waals surface area contributed by atoms with Crippen molar-refractivity contribution in [1.29, 1.82) is 0 Å². The Kier molecular flexibility index (Phi) is 7.83. The number of hydrogen-bond donors (Lipinski definition) is 0. The van der Waals surface area contributed by atoms with E-state index >= 15 is 0 Å². The fourth-order valence-corrected chi connectivity index (χ4v) is 8.81. The summed E-state index contributed by atoms with van der Waals surface area (Å²) in [4.78, 5) is 0. The van der Waals surface area contributed by atoms with Crippen molar-refractivity contribution < 1.29 is 27.0 Å². The summed E-state index contributed by atoms with van der Waals surface area (Å²) < 4.78 is 71.7. The molecule has 0 N–H and O–H groups in total. The van der Waals surface area contributed by atoms with Crippen LogP contribution in [-0.4, -0.2) is 6.61 Å². The highest BCUT2D eigenvalue weighted by Gasteiger charge is 2.45. The normalized spacial score (nSPS) is 17.6. The van der Waals surface area contributed by atoms with Crippen LogP contribution in [0.25, 0.3) is 28.0 Å². The van der Waals surface area contributed by atoms with Gasteiger partial charge in [-0.25, -0.2) is 4.39 Å². The highest BCUT2D eigenvalue weighted by molar-refractivity contribution is 9.11. The lowest BCUT2D eigenvalue weighted by atomic mass is 9.76. The topological polar surface area (TPSA) is 18.5 Å². The van der Waals surface area contributed by atoms with Crippen molar-refractivity contribution in [2.75, 3.05) is 6.61 Å². The van der Waals surface area contributed by atoms with Crippen LogP contribution in [0.2, 0.25) is 0 Å². The molecule has 240 valence electrons. The lowest BCUT2D eigenvalue weighted by Crippen LogP contribution is -2.35. The van der Waals surface area contributed by atoms with E-state index in [0.29, 0.717) is 40.0 Å². The van der Waals surface area contributed by atoms with Crippen molar-refractivity contribution >= 4 is 48.7 Å². The second-order valence-corrected chi connectivity index (χ2v) is 14.4. The molecule has 2 aliphatic rings. The summed E-state index contributed by atoms with van der Waals surface area (Å²) >= 11 is 7.40. The number of unbranched alkanes of at least 4 members (excludes halogenated alkanes) is 1. The molecule has 1 atom stereocenters. The van der Waals surface area contributed by atoms with Crippen molar-refractivity contribution in [2.45, 2.75) is 50.8 Å². The molecule has 0 saturated carbocycles.